The lowest BCUT2D eigenvalue weighted by Crippen LogP contribution is -2.59. The van der Waals surface area contributed by atoms with E-state index in [0.717, 1.165) is 5.56 Å². The lowest BCUT2D eigenvalue weighted by atomic mass is 9.99. The number of rotatable bonds is 19. The monoisotopic (exact) mass is 906 g/mol. The fourth-order valence-corrected chi connectivity index (χ4v) is 8.86. The SMILES string of the molecule is CC(C)C[C@H](NC(=O)OCc1ccccc1)C(=O)NCCCN[C@H](C(=O)OC(C)(C)C)C(O)[C@H]1O[C@@H](n2ccc(=O)[nH]c2=O)[C@H](O[Si](C)(C)C(C)(C)C)[C@@H]1O[Si](C)(C)C(C)(C)C. The summed E-state index contributed by atoms with van der Waals surface area (Å²) in [5, 5.41) is 20.6. The molecule has 3 rings (SSSR count). The van der Waals surface area contributed by atoms with Crippen molar-refractivity contribution in [2.45, 2.75) is 180 Å². The van der Waals surface area contributed by atoms with Gasteiger partial charge in [-0.2, -0.15) is 0 Å². The lowest BCUT2D eigenvalue weighted by molar-refractivity contribution is -0.166. The maximum atomic E-state index is 14.0. The molecule has 0 spiro atoms. The van der Waals surface area contributed by atoms with Crippen LogP contribution in [0.1, 0.15) is 101 Å². The van der Waals surface area contributed by atoms with Crippen LogP contribution < -0.4 is 27.2 Å². The van der Waals surface area contributed by atoms with Gasteiger partial charge in [0.1, 0.15) is 48.7 Å². The van der Waals surface area contributed by atoms with Crippen LogP contribution in [0.15, 0.2) is 52.2 Å². The molecule has 7 atom stereocenters. The van der Waals surface area contributed by atoms with E-state index in [1.807, 2.05) is 44.2 Å². The molecule has 1 saturated heterocycles. The van der Waals surface area contributed by atoms with Crippen molar-refractivity contribution in [3.63, 3.8) is 0 Å². The Bertz CT molecular complexity index is 1900. The summed E-state index contributed by atoms with van der Waals surface area (Å²) in [7, 11) is -5.33. The quantitative estimate of drug-likeness (QED) is 0.0652. The molecule has 0 bridgehead atoms. The van der Waals surface area contributed by atoms with Gasteiger partial charge in [-0.15, -0.1) is 0 Å². The van der Waals surface area contributed by atoms with Crippen molar-refractivity contribution in [2.24, 2.45) is 5.92 Å². The Morgan fingerprint density at radius 1 is 0.871 bits per heavy atom. The molecule has 2 aromatic rings. The van der Waals surface area contributed by atoms with Crippen LogP contribution in [0.25, 0.3) is 0 Å². The van der Waals surface area contributed by atoms with E-state index in [0.29, 0.717) is 12.8 Å². The number of aromatic nitrogens is 2. The van der Waals surface area contributed by atoms with Crippen molar-refractivity contribution >= 4 is 34.6 Å². The first-order valence-corrected chi connectivity index (χ1v) is 27.5. The highest BCUT2D eigenvalue weighted by atomic mass is 28.4. The number of H-pyrrole nitrogens is 1. The third-order valence-electron chi connectivity index (χ3n) is 11.7. The number of esters is 1. The average molecular weight is 906 g/mol. The number of carbonyl (C=O) groups is 3. The Balaban J connectivity index is 1.92. The number of hydrogen-bond acceptors (Lipinski definition) is 12. The molecule has 16 nitrogen and oxygen atoms in total. The predicted molar refractivity (Wildman–Crippen MR) is 244 cm³/mol. The van der Waals surface area contributed by atoms with E-state index in [4.69, 9.17) is 23.1 Å². The standard InChI is InChI=1S/C44H75N5O11Si2/c1-28(2)26-30(47-41(55)56-27-29-20-17-16-18-21-29)37(52)46-24-19-23-45-32(39(53)58-42(3,4)5)33(51)34-35(59-61(12,13)43(6,7)8)36(60-62(14,15)44(9,10)11)38(57-34)49-25-22-31(50)48-40(49)54/h16-18,20-22,25,28,30,32-36,38,45,51H,19,23-24,26-27H2,1-15H3,(H,46,52)(H,47,55)(H,48,50,54)/t30-,32-,33?,34+,35+,36+,38+/m0/s1. The van der Waals surface area contributed by atoms with Gasteiger partial charge in [-0.1, -0.05) is 85.7 Å². The highest BCUT2D eigenvalue weighted by Crippen LogP contribution is 2.46. The average Bonchev–Trinajstić information content (AvgIpc) is 3.45. The van der Waals surface area contributed by atoms with E-state index >= 15 is 0 Å². The second-order valence-electron chi connectivity index (χ2n) is 20.7. The number of aromatic amines is 1. The maximum absolute atomic E-state index is 14.0. The first-order chi connectivity index (χ1) is 28.4. The van der Waals surface area contributed by atoms with Crippen LogP contribution in [0.4, 0.5) is 4.79 Å². The van der Waals surface area contributed by atoms with E-state index in [2.05, 4.69) is 88.7 Å². The fraction of sp³-hybridized carbons (Fsp3) is 0.705. The van der Waals surface area contributed by atoms with E-state index in [1.54, 1.807) is 20.8 Å². The molecular formula is C44H75N5O11Si2. The molecule has 62 heavy (non-hydrogen) atoms. The Morgan fingerprint density at radius 3 is 1.98 bits per heavy atom. The summed E-state index contributed by atoms with van der Waals surface area (Å²) in [6, 6.07) is 8.25. The van der Waals surface area contributed by atoms with Crippen LogP contribution in [0.5, 0.6) is 0 Å². The van der Waals surface area contributed by atoms with Crippen molar-refractivity contribution < 1.29 is 42.6 Å². The van der Waals surface area contributed by atoms with Gasteiger partial charge in [0.15, 0.2) is 22.9 Å². The number of hydrogen-bond donors (Lipinski definition) is 5. The van der Waals surface area contributed by atoms with Gasteiger partial charge >= 0.3 is 17.8 Å². The number of amides is 2. The molecule has 18 heteroatoms. The van der Waals surface area contributed by atoms with Gasteiger partial charge in [0.05, 0.1) is 0 Å². The van der Waals surface area contributed by atoms with E-state index in [1.165, 1.54) is 16.8 Å². The molecule has 1 aliphatic rings. The predicted octanol–water partition coefficient (Wildman–Crippen LogP) is 5.72. The topological polar surface area (TPSA) is 209 Å². The zero-order valence-electron chi connectivity index (χ0n) is 39.7. The van der Waals surface area contributed by atoms with Gasteiger partial charge in [-0.3, -0.25) is 23.9 Å². The van der Waals surface area contributed by atoms with Crippen molar-refractivity contribution in [3.05, 3.63) is 69.0 Å². The van der Waals surface area contributed by atoms with Crippen LogP contribution in [-0.4, -0.2) is 104 Å². The Morgan fingerprint density at radius 2 is 1.45 bits per heavy atom. The normalized spacial score (nSPS) is 20.3. The zero-order chi connectivity index (χ0) is 47.0. The molecular weight excluding hydrogens is 831 g/mol. The lowest BCUT2D eigenvalue weighted by Gasteiger charge is -2.44. The van der Waals surface area contributed by atoms with Gasteiger partial charge in [0, 0.05) is 18.8 Å². The fourth-order valence-electron chi connectivity index (χ4n) is 6.27. The van der Waals surface area contributed by atoms with Gasteiger partial charge in [0.25, 0.3) is 5.56 Å². The Kier molecular flexibility index (Phi) is 18.1. The minimum Gasteiger partial charge on any atom is -0.459 e. The summed E-state index contributed by atoms with van der Waals surface area (Å²) >= 11 is 0. The number of nitrogens with one attached hydrogen (secondary N) is 4. The number of alkyl carbamates (subject to hydrolysis) is 1. The molecule has 1 aliphatic heterocycles. The third-order valence-corrected chi connectivity index (χ3v) is 20.7. The molecule has 2 heterocycles. The molecule has 1 aromatic heterocycles. The van der Waals surface area contributed by atoms with Crippen molar-refractivity contribution in [2.75, 3.05) is 13.1 Å². The molecule has 1 unspecified atom stereocenters. The molecule has 0 radical (unpaired) electrons. The van der Waals surface area contributed by atoms with Gasteiger partial charge < -0.3 is 44.1 Å². The van der Waals surface area contributed by atoms with Crippen molar-refractivity contribution in [1.82, 2.24) is 25.5 Å². The Hall–Kier alpha value is -3.66. The van der Waals surface area contributed by atoms with Gasteiger partial charge in [-0.25, -0.2) is 9.59 Å². The van der Waals surface area contributed by atoms with Crippen LogP contribution >= 0.6 is 0 Å². The number of benzene rings is 1. The molecule has 1 aromatic carbocycles. The van der Waals surface area contributed by atoms with Crippen LogP contribution in [0, 0.1) is 5.92 Å². The minimum absolute atomic E-state index is 0.0602. The number of nitrogens with zero attached hydrogens (tertiary/aromatic N) is 1. The second kappa shape index (κ2) is 21.3. The molecule has 1 fully saturated rings. The first kappa shape index (κ1) is 52.7. The van der Waals surface area contributed by atoms with Gasteiger partial charge in [0.2, 0.25) is 5.91 Å². The summed E-state index contributed by atoms with van der Waals surface area (Å²) in [6.07, 6.45) is -4.55. The van der Waals surface area contributed by atoms with E-state index in [-0.39, 0.29) is 41.6 Å². The summed E-state index contributed by atoms with van der Waals surface area (Å²) in [5.41, 5.74) is -1.42. The zero-order valence-corrected chi connectivity index (χ0v) is 41.7. The second-order valence-corrected chi connectivity index (χ2v) is 30.2. The van der Waals surface area contributed by atoms with Gasteiger partial charge in [-0.05, 0) is 87.9 Å². The number of aliphatic hydroxyl groups is 1. The summed E-state index contributed by atoms with van der Waals surface area (Å²) < 4.78 is 33.2. The molecule has 350 valence electrons. The summed E-state index contributed by atoms with van der Waals surface area (Å²) in [4.78, 5) is 67.9. The summed E-state index contributed by atoms with van der Waals surface area (Å²) in [6.45, 7) is 30.2. The van der Waals surface area contributed by atoms with Crippen molar-refractivity contribution in [1.29, 1.82) is 0 Å². The molecule has 5 N–H and O–H groups in total. The highest BCUT2D eigenvalue weighted by molar-refractivity contribution is 6.74. The van der Waals surface area contributed by atoms with Crippen molar-refractivity contribution in [3.8, 4) is 0 Å². The van der Waals surface area contributed by atoms with Crippen LogP contribution in [-0.2, 0) is 39.3 Å². The molecule has 2 amide bonds. The smallest absolute Gasteiger partial charge is 0.408 e. The summed E-state index contributed by atoms with van der Waals surface area (Å²) in [5.74, 6) is -1.04. The van der Waals surface area contributed by atoms with E-state index < -0.39 is 88.3 Å². The number of aliphatic hydroxyl groups excluding tert-OH is 1. The van der Waals surface area contributed by atoms with Crippen LogP contribution in [0.2, 0.25) is 36.3 Å². The largest absolute Gasteiger partial charge is 0.459 e. The first-order valence-electron chi connectivity index (χ1n) is 21.7. The van der Waals surface area contributed by atoms with E-state index in [9.17, 15) is 29.1 Å². The molecule has 0 aliphatic carbocycles. The molecule has 0 saturated carbocycles. The third kappa shape index (κ3) is 15.0. The Labute approximate surface area is 369 Å². The van der Waals surface area contributed by atoms with Crippen LogP contribution in [0.3, 0.4) is 0 Å². The highest BCUT2D eigenvalue weighted by Gasteiger charge is 2.57. The minimum atomic E-state index is -2.68. The maximum Gasteiger partial charge on any atom is 0.408 e. The number of ether oxygens (including phenoxy) is 3. The number of carbonyl (C=O) groups excluding carboxylic acids is 3.